The van der Waals surface area contributed by atoms with E-state index in [-0.39, 0.29) is 23.9 Å². The highest BCUT2D eigenvalue weighted by Crippen LogP contribution is 2.24. The zero-order chi connectivity index (χ0) is 20.9. The Morgan fingerprint density at radius 1 is 1.17 bits per heavy atom. The third kappa shape index (κ3) is 4.57. The minimum Gasteiger partial charge on any atom is -0.381 e. The summed E-state index contributed by atoms with van der Waals surface area (Å²) in [6, 6.07) is 10.9. The summed E-state index contributed by atoms with van der Waals surface area (Å²) in [7, 11) is 0. The van der Waals surface area contributed by atoms with Crippen LogP contribution >= 0.6 is 0 Å². The highest BCUT2D eigenvalue weighted by molar-refractivity contribution is 6.01. The molecule has 0 spiro atoms. The fraction of sp³-hybridized carbons (Fsp3) is 0.333. The molecule has 1 saturated heterocycles. The summed E-state index contributed by atoms with van der Waals surface area (Å²) in [5.74, 6) is 0.673. The second-order valence-electron chi connectivity index (χ2n) is 7.29. The van der Waals surface area contributed by atoms with E-state index in [0.29, 0.717) is 48.6 Å². The van der Waals surface area contributed by atoms with E-state index in [1.807, 2.05) is 37.3 Å². The summed E-state index contributed by atoms with van der Waals surface area (Å²) >= 11 is 0. The number of carbonyl (C=O) groups excluding carboxylic acids is 2. The maximum absolute atomic E-state index is 12.4. The molecular weight excluding hydrogens is 384 g/mol. The fourth-order valence-corrected chi connectivity index (χ4v) is 3.43. The number of rotatable bonds is 5. The number of nitrogens with one attached hydrogen (secondary N) is 4. The molecule has 0 radical (unpaired) electrons. The molecule has 3 amide bonds. The van der Waals surface area contributed by atoms with E-state index in [2.05, 4.69) is 31.1 Å². The monoisotopic (exact) mass is 408 g/mol. The van der Waals surface area contributed by atoms with Gasteiger partial charge in [0.15, 0.2) is 5.82 Å². The molecule has 0 bridgehead atoms. The second kappa shape index (κ2) is 8.91. The summed E-state index contributed by atoms with van der Waals surface area (Å²) in [5.41, 5.74) is 1.67. The highest BCUT2D eigenvalue weighted by atomic mass is 16.5. The van der Waals surface area contributed by atoms with Gasteiger partial charge >= 0.3 is 6.03 Å². The second-order valence-corrected chi connectivity index (χ2v) is 7.29. The van der Waals surface area contributed by atoms with Gasteiger partial charge in [-0.1, -0.05) is 30.3 Å². The lowest BCUT2D eigenvalue weighted by Gasteiger charge is -2.20. The van der Waals surface area contributed by atoms with Crippen molar-refractivity contribution < 1.29 is 14.3 Å². The number of nitrogens with zero attached hydrogens (tertiary/aromatic N) is 2. The standard InChI is InChI=1S/C21H24N6O3/c1-13(14-5-3-2-4-6-14)23-21(29)24-18-11-17-16(12-22-18)19(27-26-17)25-20(28)15-7-9-30-10-8-15/h2-6,11-13,15H,7-10H2,1H3,(H2,22,23,24,29)(H2,25,26,27,28). The predicted molar refractivity (Wildman–Crippen MR) is 113 cm³/mol. The van der Waals surface area contributed by atoms with Gasteiger partial charge in [-0.3, -0.25) is 15.2 Å². The van der Waals surface area contributed by atoms with E-state index in [1.54, 1.807) is 12.3 Å². The molecule has 2 aromatic heterocycles. The van der Waals surface area contributed by atoms with E-state index < -0.39 is 0 Å². The van der Waals surface area contributed by atoms with Crippen molar-refractivity contribution in [3.8, 4) is 0 Å². The Morgan fingerprint density at radius 2 is 1.93 bits per heavy atom. The number of fused-ring (bicyclic) bond motifs is 1. The number of aromatic amines is 1. The number of hydrogen-bond acceptors (Lipinski definition) is 5. The largest absolute Gasteiger partial charge is 0.381 e. The first-order valence-electron chi connectivity index (χ1n) is 9.95. The van der Waals surface area contributed by atoms with E-state index in [4.69, 9.17) is 4.74 Å². The summed E-state index contributed by atoms with van der Waals surface area (Å²) in [4.78, 5) is 29.0. The van der Waals surface area contributed by atoms with Crippen LogP contribution in [0.5, 0.6) is 0 Å². The number of amides is 3. The van der Waals surface area contributed by atoms with Crippen LogP contribution in [0.25, 0.3) is 10.9 Å². The van der Waals surface area contributed by atoms with E-state index in [0.717, 1.165) is 5.56 Å². The van der Waals surface area contributed by atoms with Crippen LogP contribution in [0.4, 0.5) is 16.4 Å². The third-order valence-electron chi connectivity index (χ3n) is 5.17. The molecule has 1 aliphatic rings. The van der Waals surface area contributed by atoms with Crippen LogP contribution in [0.2, 0.25) is 0 Å². The molecule has 1 aliphatic heterocycles. The minimum atomic E-state index is -0.356. The van der Waals surface area contributed by atoms with Gasteiger partial charge in [0.2, 0.25) is 5.91 Å². The molecule has 1 atom stereocenters. The Kier molecular flexibility index (Phi) is 5.89. The lowest BCUT2D eigenvalue weighted by Crippen LogP contribution is -2.31. The summed E-state index contributed by atoms with van der Waals surface area (Å²) in [5, 5.41) is 16.2. The molecule has 156 valence electrons. The SMILES string of the molecule is CC(NC(=O)Nc1cc2[nH]nc(NC(=O)C3CCOCC3)c2cn1)c1ccccc1. The molecule has 30 heavy (non-hydrogen) atoms. The molecule has 0 saturated carbocycles. The Morgan fingerprint density at radius 3 is 2.70 bits per heavy atom. The first-order valence-corrected chi connectivity index (χ1v) is 9.95. The Labute approximate surface area is 173 Å². The number of ether oxygens (including phenoxy) is 1. The van der Waals surface area contributed by atoms with Crippen LogP contribution < -0.4 is 16.0 Å². The van der Waals surface area contributed by atoms with Crippen LogP contribution in [-0.2, 0) is 9.53 Å². The van der Waals surface area contributed by atoms with Crippen molar-refractivity contribution in [2.45, 2.75) is 25.8 Å². The molecule has 4 rings (SSSR count). The average Bonchev–Trinajstić information content (AvgIpc) is 3.16. The third-order valence-corrected chi connectivity index (χ3v) is 5.17. The fourth-order valence-electron chi connectivity index (χ4n) is 3.43. The maximum atomic E-state index is 12.4. The number of aromatic nitrogens is 3. The van der Waals surface area contributed by atoms with Gasteiger partial charge in [-0.2, -0.15) is 5.10 Å². The summed E-state index contributed by atoms with van der Waals surface area (Å²) in [6.45, 7) is 3.11. The van der Waals surface area contributed by atoms with E-state index in [1.165, 1.54) is 0 Å². The Bertz CT molecular complexity index is 1030. The zero-order valence-corrected chi connectivity index (χ0v) is 16.6. The quantitative estimate of drug-likeness (QED) is 0.517. The van der Waals surface area contributed by atoms with Gasteiger partial charge < -0.3 is 15.4 Å². The lowest BCUT2D eigenvalue weighted by molar-refractivity contribution is -0.122. The summed E-state index contributed by atoms with van der Waals surface area (Å²) in [6.07, 6.45) is 2.99. The molecule has 9 heteroatoms. The Balaban J connectivity index is 1.39. The smallest absolute Gasteiger partial charge is 0.320 e. The highest BCUT2D eigenvalue weighted by Gasteiger charge is 2.23. The van der Waals surface area contributed by atoms with Gasteiger partial charge in [-0.15, -0.1) is 0 Å². The van der Waals surface area contributed by atoms with Gasteiger partial charge in [0.05, 0.1) is 16.9 Å². The molecule has 3 heterocycles. The number of H-pyrrole nitrogens is 1. The topological polar surface area (TPSA) is 121 Å². The molecule has 1 unspecified atom stereocenters. The molecule has 0 aliphatic carbocycles. The van der Waals surface area contributed by atoms with Gasteiger partial charge in [0.25, 0.3) is 0 Å². The van der Waals surface area contributed by atoms with Crippen molar-refractivity contribution >= 4 is 34.5 Å². The Hall–Kier alpha value is -3.46. The number of anilines is 2. The lowest BCUT2D eigenvalue weighted by atomic mass is 9.99. The molecule has 3 aromatic rings. The average molecular weight is 408 g/mol. The molecular formula is C21H24N6O3. The molecule has 9 nitrogen and oxygen atoms in total. The number of benzene rings is 1. The van der Waals surface area contributed by atoms with Gasteiger partial charge in [0, 0.05) is 31.4 Å². The van der Waals surface area contributed by atoms with Crippen LogP contribution in [0, 0.1) is 5.92 Å². The first-order chi connectivity index (χ1) is 14.6. The van der Waals surface area contributed by atoms with Crippen LogP contribution in [-0.4, -0.2) is 40.3 Å². The van der Waals surface area contributed by atoms with Crippen molar-refractivity contribution in [1.82, 2.24) is 20.5 Å². The number of pyridine rings is 1. The minimum absolute atomic E-state index is 0.0665. The number of hydrogen-bond donors (Lipinski definition) is 4. The van der Waals surface area contributed by atoms with E-state index in [9.17, 15) is 9.59 Å². The maximum Gasteiger partial charge on any atom is 0.320 e. The van der Waals surface area contributed by atoms with Crippen molar-refractivity contribution in [3.63, 3.8) is 0 Å². The van der Waals surface area contributed by atoms with Crippen molar-refractivity contribution in [3.05, 3.63) is 48.2 Å². The van der Waals surface area contributed by atoms with Gasteiger partial charge in [-0.25, -0.2) is 9.78 Å². The van der Waals surface area contributed by atoms with Gasteiger partial charge in [0.1, 0.15) is 5.82 Å². The normalized spacial score (nSPS) is 15.5. The molecule has 1 aromatic carbocycles. The first kappa shape index (κ1) is 19.8. The predicted octanol–water partition coefficient (Wildman–Crippen LogP) is 3.21. The van der Waals surface area contributed by atoms with Crippen LogP contribution in [0.15, 0.2) is 42.6 Å². The summed E-state index contributed by atoms with van der Waals surface area (Å²) < 4.78 is 5.30. The van der Waals surface area contributed by atoms with Crippen molar-refractivity contribution in [2.24, 2.45) is 5.92 Å². The van der Waals surface area contributed by atoms with E-state index >= 15 is 0 Å². The number of urea groups is 1. The van der Waals surface area contributed by atoms with Crippen molar-refractivity contribution in [2.75, 3.05) is 23.8 Å². The number of carbonyl (C=O) groups is 2. The van der Waals surface area contributed by atoms with Crippen LogP contribution in [0.3, 0.4) is 0 Å². The molecule has 4 N–H and O–H groups in total. The van der Waals surface area contributed by atoms with Crippen LogP contribution in [0.1, 0.15) is 31.4 Å². The zero-order valence-electron chi connectivity index (χ0n) is 16.6. The molecule has 1 fully saturated rings. The van der Waals surface area contributed by atoms with Gasteiger partial charge in [-0.05, 0) is 25.3 Å². The van der Waals surface area contributed by atoms with Crippen molar-refractivity contribution in [1.29, 1.82) is 0 Å².